The normalized spacial score (nSPS) is 13.6. The van der Waals surface area contributed by atoms with Gasteiger partial charge in [-0.2, -0.15) is 0 Å². The van der Waals surface area contributed by atoms with Crippen molar-refractivity contribution in [3.63, 3.8) is 0 Å². The zero-order valence-corrected chi connectivity index (χ0v) is 11.1. The SMILES string of the molecule is CCCCCCC/C=C(\F)C(O)c1ccccc1. The number of rotatable bonds is 8. The van der Waals surface area contributed by atoms with Gasteiger partial charge in [-0.05, 0) is 24.5 Å². The highest BCUT2D eigenvalue weighted by Crippen LogP contribution is 2.23. The van der Waals surface area contributed by atoms with Crippen LogP contribution >= 0.6 is 0 Å². The number of aliphatic hydroxyl groups excluding tert-OH is 1. The van der Waals surface area contributed by atoms with Crippen LogP contribution in [0.5, 0.6) is 0 Å². The molecule has 100 valence electrons. The van der Waals surface area contributed by atoms with Gasteiger partial charge in [0.25, 0.3) is 0 Å². The van der Waals surface area contributed by atoms with Crippen LogP contribution in [-0.4, -0.2) is 5.11 Å². The molecule has 0 saturated carbocycles. The van der Waals surface area contributed by atoms with Gasteiger partial charge in [-0.1, -0.05) is 62.9 Å². The van der Waals surface area contributed by atoms with Gasteiger partial charge in [0, 0.05) is 0 Å². The Balaban J connectivity index is 2.32. The van der Waals surface area contributed by atoms with Gasteiger partial charge in [-0.25, -0.2) is 4.39 Å². The largest absolute Gasteiger partial charge is 0.381 e. The Morgan fingerprint density at radius 1 is 1.17 bits per heavy atom. The van der Waals surface area contributed by atoms with Crippen LogP contribution in [0.2, 0.25) is 0 Å². The minimum atomic E-state index is -1.11. The molecule has 18 heavy (non-hydrogen) atoms. The van der Waals surface area contributed by atoms with Crippen molar-refractivity contribution in [3.05, 3.63) is 47.8 Å². The van der Waals surface area contributed by atoms with Gasteiger partial charge in [0.2, 0.25) is 0 Å². The molecule has 0 saturated heterocycles. The van der Waals surface area contributed by atoms with Crippen molar-refractivity contribution >= 4 is 0 Å². The molecule has 2 heteroatoms. The summed E-state index contributed by atoms with van der Waals surface area (Å²) in [6.45, 7) is 2.18. The van der Waals surface area contributed by atoms with E-state index in [1.165, 1.54) is 25.3 Å². The molecule has 1 rings (SSSR count). The molecule has 0 bridgehead atoms. The van der Waals surface area contributed by atoms with E-state index in [9.17, 15) is 9.50 Å². The Morgan fingerprint density at radius 2 is 1.83 bits per heavy atom. The number of hydrogen-bond donors (Lipinski definition) is 1. The second-order valence-electron chi connectivity index (χ2n) is 4.61. The molecule has 0 aliphatic carbocycles. The van der Waals surface area contributed by atoms with E-state index >= 15 is 0 Å². The molecule has 1 unspecified atom stereocenters. The number of halogens is 1. The quantitative estimate of drug-likeness (QED) is 0.648. The molecule has 0 radical (unpaired) electrons. The predicted octanol–water partition coefficient (Wildman–Crippen LogP) is 4.93. The summed E-state index contributed by atoms with van der Waals surface area (Å²) in [6.07, 6.45) is 6.93. The summed E-state index contributed by atoms with van der Waals surface area (Å²) < 4.78 is 13.7. The lowest BCUT2D eigenvalue weighted by atomic mass is 10.1. The van der Waals surface area contributed by atoms with Crippen LogP contribution < -0.4 is 0 Å². The third kappa shape index (κ3) is 5.46. The van der Waals surface area contributed by atoms with Gasteiger partial charge in [0.1, 0.15) is 11.9 Å². The molecule has 1 nitrogen and oxygen atoms in total. The van der Waals surface area contributed by atoms with E-state index in [1.807, 2.05) is 6.07 Å². The standard InChI is InChI=1S/C16H23FO/c1-2-3-4-5-6-10-13-15(17)16(18)14-11-8-7-9-12-14/h7-9,11-13,16,18H,2-6,10H2,1H3/b15-13-. The molecular weight excluding hydrogens is 227 g/mol. The molecule has 1 atom stereocenters. The van der Waals surface area contributed by atoms with Crippen molar-refractivity contribution in [1.82, 2.24) is 0 Å². The van der Waals surface area contributed by atoms with Crippen LogP contribution in [0.3, 0.4) is 0 Å². The predicted molar refractivity (Wildman–Crippen MR) is 74.0 cm³/mol. The maximum Gasteiger partial charge on any atom is 0.130 e. The average molecular weight is 250 g/mol. The van der Waals surface area contributed by atoms with Crippen LogP contribution in [-0.2, 0) is 0 Å². The summed E-state index contributed by atoms with van der Waals surface area (Å²) >= 11 is 0. The molecule has 1 N–H and O–H groups in total. The van der Waals surface area contributed by atoms with E-state index in [0.29, 0.717) is 12.0 Å². The van der Waals surface area contributed by atoms with Crippen LogP contribution in [0.4, 0.5) is 4.39 Å². The third-order valence-corrected chi connectivity index (χ3v) is 3.02. The summed E-state index contributed by atoms with van der Waals surface area (Å²) in [4.78, 5) is 0. The van der Waals surface area contributed by atoms with E-state index in [0.717, 1.165) is 12.8 Å². The van der Waals surface area contributed by atoms with Gasteiger partial charge < -0.3 is 5.11 Å². The van der Waals surface area contributed by atoms with Crippen molar-refractivity contribution in [2.45, 2.75) is 51.6 Å². The molecule has 0 aliphatic rings. The van der Waals surface area contributed by atoms with Gasteiger partial charge in [0.05, 0.1) is 0 Å². The number of allylic oxidation sites excluding steroid dienone is 1. The van der Waals surface area contributed by atoms with Gasteiger partial charge in [0.15, 0.2) is 0 Å². The van der Waals surface area contributed by atoms with Crippen molar-refractivity contribution in [1.29, 1.82) is 0 Å². The van der Waals surface area contributed by atoms with E-state index < -0.39 is 11.9 Å². The van der Waals surface area contributed by atoms with E-state index in [-0.39, 0.29) is 0 Å². The first-order valence-corrected chi connectivity index (χ1v) is 6.84. The number of unbranched alkanes of at least 4 members (excludes halogenated alkanes) is 5. The highest BCUT2D eigenvalue weighted by Gasteiger charge is 2.11. The zero-order valence-electron chi connectivity index (χ0n) is 11.1. The molecule has 0 spiro atoms. The smallest absolute Gasteiger partial charge is 0.130 e. The Morgan fingerprint density at radius 3 is 2.50 bits per heavy atom. The minimum absolute atomic E-state index is 0.434. The van der Waals surface area contributed by atoms with Crippen molar-refractivity contribution in [3.8, 4) is 0 Å². The maximum atomic E-state index is 13.7. The fraction of sp³-hybridized carbons (Fsp3) is 0.500. The monoisotopic (exact) mass is 250 g/mol. The van der Waals surface area contributed by atoms with Crippen molar-refractivity contribution in [2.24, 2.45) is 0 Å². The Bertz CT molecular complexity index is 345. The summed E-state index contributed by atoms with van der Waals surface area (Å²) in [7, 11) is 0. The summed E-state index contributed by atoms with van der Waals surface area (Å²) in [5, 5.41) is 9.79. The molecule has 1 aromatic rings. The molecular formula is C16H23FO. The van der Waals surface area contributed by atoms with E-state index in [4.69, 9.17) is 0 Å². The molecule has 1 aromatic carbocycles. The van der Waals surface area contributed by atoms with Gasteiger partial charge in [-0.15, -0.1) is 0 Å². The summed E-state index contributed by atoms with van der Waals surface area (Å²) in [5.74, 6) is -0.434. The maximum absolute atomic E-state index is 13.7. The van der Waals surface area contributed by atoms with Crippen LogP contribution in [0.1, 0.15) is 57.1 Å². The Hall–Kier alpha value is -1.15. The first-order valence-electron chi connectivity index (χ1n) is 6.84. The second-order valence-corrected chi connectivity index (χ2v) is 4.61. The van der Waals surface area contributed by atoms with E-state index in [2.05, 4.69) is 6.92 Å². The van der Waals surface area contributed by atoms with Crippen LogP contribution in [0.15, 0.2) is 42.2 Å². The lowest BCUT2D eigenvalue weighted by Crippen LogP contribution is -1.97. The third-order valence-electron chi connectivity index (χ3n) is 3.02. The van der Waals surface area contributed by atoms with Crippen LogP contribution in [0, 0.1) is 0 Å². The van der Waals surface area contributed by atoms with Crippen LogP contribution in [0.25, 0.3) is 0 Å². The minimum Gasteiger partial charge on any atom is -0.381 e. The molecule has 0 fully saturated rings. The first-order chi connectivity index (χ1) is 8.75. The first kappa shape index (κ1) is 14.9. The molecule has 0 heterocycles. The molecule has 0 aliphatic heterocycles. The summed E-state index contributed by atoms with van der Waals surface area (Å²) in [6, 6.07) is 8.93. The van der Waals surface area contributed by atoms with Gasteiger partial charge >= 0.3 is 0 Å². The number of aliphatic hydroxyl groups is 1. The Kier molecular flexibility index (Phi) is 7.35. The molecule has 0 amide bonds. The molecule has 0 aromatic heterocycles. The van der Waals surface area contributed by atoms with E-state index in [1.54, 1.807) is 24.3 Å². The summed E-state index contributed by atoms with van der Waals surface area (Å²) in [5.41, 5.74) is 0.609. The second kappa shape index (κ2) is 8.87. The number of benzene rings is 1. The lowest BCUT2D eigenvalue weighted by Gasteiger charge is -2.08. The van der Waals surface area contributed by atoms with Gasteiger partial charge in [-0.3, -0.25) is 0 Å². The fourth-order valence-electron chi connectivity index (χ4n) is 1.89. The fourth-order valence-corrected chi connectivity index (χ4v) is 1.89. The van der Waals surface area contributed by atoms with Crippen molar-refractivity contribution < 1.29 is 9.50 Å². The highest BCUT2D eigenvalue weighted by molar-refractivity contribution is 5.23. The Labute approximate surface area is 109 Å². The topological polar surface area (TPSA) is 20.2 Å². The van der Waals surface area contributed by atoms with Crippen molar-refractivity contribution in [2.75, 3.05) is 0 Å². The average Bonchev–Trinajstić information content (AvgIpc) is 2.42. The zero-order chi connectivity index (χ0) is 13.2. The highest BCUT2D eigenvalue weighted by atomic mass is 19.1. The lowest BCUT2D eigenvalue weighted by molar-refractivity contribution is 0.185. The number of hydrogen-bond acceptors (Lipinski definition) is 1.